The van der Waals surface area contributed by atoms with E-state index < -0.39 is 5.79 Å². The number of aromatic nitrogens is 1. The molecule has 0 saturated carbocycles. The normalized spacial score (nSPS) is 20.0. The second-order valence-corrected chi connectivity index (χ2v) is 7.10. The minimum Gasteiger partial charge on any atom is -0.347 e. The van der Waals surface area contributed by atoms with Crippen LogP contribution in [0.2, 0.25) is 0 Å². The fourth-order valence-electron chi connectivity index (χ4n) is 3.87. The molecule has 2 aliphatic rings. The number of benzene rings is 1. The largest absolute Gasteiger partial charge is 0.347 e. The molecule has 0 radical (unpaired) electrons. The number of rotatable bonds is 4. The number of carbonyl (C=O) groups excluding carboxylic acids is 1. The van der Waals surface area contributed by atoms with Crippen LogP contribution in [0, 0.1) is 5.82 Å². The molecular formula is C21H23FN2O3. The Kier molecular flexibility index (Phi) is 5.18. The molecule has 1 spiro atoms. The molecule has 0 aliphatic carbocycles. The summed E-state index contributed by atoms with van der Waals surface area (Å²) in [6, 6.07) is 10.0. The Morgan fingerprint density at radius 3 is 2.48 bits per heavy atom. The number of ether oxygens (including phenoxy) is 2. The first-order valence-corrected chi connectivity index (χ1v) is 9.36. The molecule has 142 valence electrons. The first-order valence-electron chi connectivity index (χ1n) is 9.36. The lowest BCUT2D eigenvalue weighted by Crippen LogP contribution is -2.48. The summed E-state index contributed by atoms with van der Waals surface area (Å²) in [5.41, 5.74) is 1.80. The van der Waals surface area contributed by atoms with Crippen LogP contribution in [0.4, 0.5) is 4.39 Å². The van der Waals surface area contributed by atoms with E-state index >= 15 is 0 Å². The van der Waals surface area contributed by atoms with Gasteiger partial charge in [-0.2, -0.15) is 0 Å². The zero-order valence-corrected chi connectivity index (χ0v) is 15.1. The summed E-state index contributed by atoms with van der Waals surface area (Å²) < 4.78 is 24.9. The molecule has 5 nitrogen and oxygen atoms in total. The second-order valence-electron chi connectivity index (χ2n) is 7.10. The number of hydrogen-bond acceptors (Lipinski definition) is 4. The quantitative estimate of drug-likeness (QED) is 0.830. The predicted octanol–water partition coefficient (Wildman–Crippen LogP) is 2.91. The summed E-state index contributed by atoms with van der Waals surface area (Å²) >= 11 is 0. The van der Waals surface area contributed by atoms with Crippen LogP contribution in [0.1, 0.15) is 29.9 Å². The lowest BCUT2D eigenvalue weighted by molar-refractivity contribution is -0.187. The van der Waals surface area contributed by atoms with E-state index in [1.54, 1.807) is 24.5 Å². The molecule has 1 aromatic carbocycles. The Labute approximate surface area is 158 Å². The van der Waals surface area contributed by atoms with Crippen LogP contribution >= 0.6 is 0 Å². The molecule has 1 amide bonds. The number of hydrogen-bond donors (Lipinski definition) is 0. The highest BCUT2D eigenvalue weighted by molar-refractivity contribution is 5.84. The number of carbonyl (C=O) groups is 1. The van der Waals surface area contributed by atoms with Crippen LogP contribution in [0.5, 0.6) is 0 Å². The molecule has 2 saturated heterocycles. The molecule has 27 heavy (non-hydrogen) atoms. The Morgan fingerprint density at radius 2 is 1.85 bits per heavy atom. The van der Waals surface area contributed by atoms with E-state index in [4.69, 9.17) is 9.47 Å². The average Bonchev–Trinajstić information content (AvgIpc) is 3.16. The van der Waals surface area contributed by atoms with Crippen LogP contribution in [0.15, 0.2) is 48.8 Å². The lowest BCUT2D eigenvalue weighted by atomic mass is 9.90. The van der Waals surface area contributed by atoms with Crippen LogP contribution in [0.3, 0.4) is 0 Å². The number of pyridine rings is 1. The third-order valence-corrected chi connectivity index (χ3v) is 5.38. The van der Waals surface area contributed by atoms with Gasteiger partial charge in [0.15, 0.2) is 5.79 Å². The van der Waals surface area contributed by atoms with E-state index in [1.807, 2.05) is 17.0 Å². The topological polar surface area (TPSA) is 51.7 Å². The minimum atomic E-state index is -0.508. The first-order chi connectivity index (χ1) is 13.2. The number of nitrogens with zero attached hydrogens (tertiary/aromatic N) is 2. The third kappa shape index (κ3) is 4.01. The van der Waals surface area contributed by atoms with E-state index in [-0.39, 0.29) is 17.6 Å². The van der Waals surface area contributed by atoms with Crippen molar-refractivity contribution in [1.29, 1.82) is 0 Å². The van der Waals surface area contributed by atoms with Crippen molar-refractivity contribution in [3.63, 3.8) is 0 Å². The Morgan fingerprint density at radius 1 is 1.15 bits per heavy atom. The maximum absolute atomic E-state index is 13.4. The van der Waals surface area contributed by atoms with Crippen molar-refractivity contribution in [3.05, 3.63) is 65.7 Å². The molecule has 2 aliphatic heterocycles. The minimum absolute atomic E-state index is 0.0540. The molecular weight excluding hydrogens is 347 g/mol. The molecule has 1 atom stereocenters. The van der Waals surface area contributed by atoms with Gasteiger partial charge in [-0.15, -0.1) is 0 Å². The van der Waals surface area contributed by atoms with Crippen molar-refractivity contribution in [2.24, 2.45) is 0 Å². The summed E-state index contributed by atoms with van der Waals surface area (Å²) in [7, 11) is 0. The van der Waals surface area contributed by atoms with E-state index in [0.717, 1.165) is 11.1 Å². The highest BCUT2D eigenvalue weighted by atomic mass is 19.1. The highest BCUT2D eigenvalue weighted by Crippen LogP contribution is 2.33. The zero-order chi connectivity index (χ0) is 18.7. The summed E-state index contributed by atoms with van der Waals surface area (Å²) in [6.45, 7) is 2.44. The number of amides is 1. The van der Waals surface area contributed by atoms with Gasteiger partial charge in [0.25, 0.3) is 0 Å². The van der Waals surface area contributed by atoms with Crippen LogP contribution in [-0.4, -0.2) is 47.9 Å². The zero-order valence-electron chi connectivity index (χ0n) is 15.1. The Bertz CT molecular complexity index is 766. The van der Waals surface area contributed by atoms with Gasteiger partial charge in [0, 0.05) is 38.3 Å². The number of piperidine rings is 1. The van der Waals surface area contributed by atoms with E-state index in [2.05, 4.69) is 4.98 Å². The van der Waals surface area contributed by atoms with Gasteiger partial charge >= 0.3 is 0 Å². The predicted molar refractivity (Wildman–Crippen MR) is 97.5 cm³/mol. The van der Waals surface area contributed by atoms with Crippen LogP contribution < -0.4 is 0 Å². The third-order valence-electron chi connectivity index (χ3n) is 5.38. The van der Waals surface area contributed by atoms with Crippen molar-refractivity contribution in [2.45, 2.75) is 31.0 Å². The van der Waals surface area contributed by atoms with Gasteiger partial charge < -0.3 is 14.4 Å². The van der Waals surface area contributed by atoms with Gasteiger partial charge in [-0.3, -0.25) is 9.78 Å². The van der Waals surface area contributed by atoms with Crippen molar-refractivity contribution in [1.82, 2.24) is 9.88 Å². The standard InChI is InChI=1S/C21H23FN2O3/c22-18-5-3-17(4-6-18)19(14-16-2-1-9-23-15-16)20(25)24-10-7-21(8-11-24)26-12-13-27-21/h1-6,9,15,19H,7-8,10-14H2. The van der Waals surface area contributed by atoms with Crippen molar-refractivity contribution in [2.75, 3.05) is 26.3 Å². The molecule has 0 N–H and O–H groups in total. The van der Waals surface area contributed by atoms with Gasteiger partial charge in [0.2, 0.25) is 5.91 Å². The maximum Gasteiger partial charge on any atom is 0.230 e. The molecule has 2 fully saturated rings. The maximum atomic E-state index is 13.4. The van der Waals surface area contributed by atoms with Gasteiger partial charge in [0.1, 0.15) is 5.82 Å². The Hall–Kier alpha value is -2.31. The fraction of sp³-hybridized carbons (Fsp3) is 0.429. The highest BCUT2D eigenvalue weighted by Gasteiger charge is 2.41. The number of likely N-dealkylation sites (tertiary alicyclic amines) is 1. The molecule has 2 aromatic rings. The van der Waals surface area contributed by atoms with Crippen molar-refractivity contribution in [3.8, 4) is 0 Å². The summed E-state index contributed by atoms with van der Waals surface area (Å²) in [6.07, 6.45) is 5.38. The second kappa shape index (κ2) is 7.74. The molecule has 1 aromatic heterocycles. The fourth-order valence-corrected chi connectivity index (χ4v) is 3.87. The van der Waals surface area contributed by atoms with Crippen LogP contribution in [-0.2, 0) is 20.7 Å². The summed E-state index contributed by atoms with van der Waals surface area (Å²) in [5, 5.41) is 0. The van der Waals surface area contributed by atoms with Crippen molar-refractivity contribution < 1.29 is 18.7 Å². The van der Waals surface area contributed by atoms with E-state index in [9.17, 15) is 9.18 Å². The first kappa shape index (κ1) is 18.1. The van der Waals surface area contributed by atoms with Gasteiger partial charge in [-0.1, -0.05) is 18.2 Å². The molecule has 4 rings (SSSR count). The monoisotopic (exact) mass is 370 g/mol. The van der Waals surface area contributed by atoms with Gasteiger partial charge in [-0.05, 0) is 35.7 Å². The lowest BCUT2D eigenvalue weighted by Gasteiger charge is -2.39. The SMILES string of the molecule is O=C(C(Cc1cccnc1)c1ccc(F)cc1)N1CCC2(CC1)OCCO2. The summed E-state index contributed by atoms with van der Waals surface area (Å²) in [5.74, 6) is -1.12. The average molecular weight is 370 g/mol. The smallest absolute Gasteiger partial charge is 0.230 e. The van der Waals surface area contributed by atoms with Crippen LogP contribution in [0.25, 0.3) is 0 Å². The van der Waals surface area contributed by atoms with Crippen molar-refractivity contribution >= 4 is 5.91 Å². The van der Waals surface area contributed by atoms with E-state index in [0.29, 0.717) is 45.6 Å². The Balaban J connectivity index is 1.52. The molecule has 3 heterocycles. The molecule has 6 heteroatoms. The van der Waals surface area contributed by atoms with Gasteiger partial charge in [0.05, 0.1) is 19.1 Å². The summed E-state index contributed by atoms with van der Waals surface area (Å²) in [4.78, 5) is 19.3. The van der Waals surface area contributed by atoms with Gasteiger partial charge in [-0.25, -0.2) is 4.39 Å². The number of halogens is 1. The van der Waals surface area contributed by atoms with E-state index in [1.165, 1.54) is 12.1 Å². The molecule has 1 unspecified atom stereocenters. The molecule has 0 bridgehead atoms.